The maximum atomic E-state index is 11.9. The van der Waals surface area contributed by atoms with Crippen molar-refractivity contribution in [2.75, 3.05) is 6.61 Å². The molecule has 126 valence electrons. The summed E-state index contributed by atoms with van der Waals surface area (Å²) in [4.78, 5) is 11.9. The van der Waals surface area contributed by atoms with Crippen LogP contribution in [-0.4, -0.2) is 28.7 Å². The average molecular weight is 316 g/mol. The first kappa shape index (κ1) is 15.6. The van der Waals surface area contributed by atoms with Gasteiger partial charge >= 0.3 is 0 Å². The van der Waals surface area contributed by atoms with Crippen LogP contribution in [0.25, 0.3) is 0 Å². The molecule has 4 aliphatic carbocycles. The smallest absolute Gasteiger partial charge is 0.156 e. The van der Waals surface area contributed by atoms with Gasteiger partial charge < -0.3 is 10.2 Å². The van der Waals surface area contributed by atoms with Crippen LogP contribution in [0.3, 0.4) is 0 Å². The maximum absolute atomic E-state index is 11.9. The highest BCUT2D eigenvalue weighted by Gasteiger charge is 2.63. The zero-order valence-electron chi connectivity index (χ0n) is 14.3. The van der Waals surface area contributed by atoms with Gasteiger partial charge in [0, 0.05) is 23.9 Å². The van der Waals surface area contributed by atoms with Gasteiger partial charge in [-0.15, -0.1) is 0 Å². The largest absolute Gasteiger partial charge is 0.396 e. The number of fused-ring (bicyclic) bond motifs is 4. The van der Waals surface area contributed by atoms with E-state index in [1.807, 2.05) is 6.08 Å². The van der Waals surface area contributed by atoms with Gasteiger partial charge in [-0.05, 0) is 68.1 Å². The Kier molecular flexibility index (Phi) is 3.41. The molecule has 4 aliphatic rings. The number of rotatable bonds is 1. The number of hydrogen-bond donors (Lipinski definition) is 2. The van der Waals surface area contributed by atoms with Crippen molar-refractivity contribution in [3.05, 3.63) is 22.8 Å². The summed E-state index contributed by atoms with van der Waals surface area (Å²) < 4.78 is 0. The lowest BCUT2D eigenvalue weighted by Gasteiger charge is -2.58. The summed E-state index contributed by atoms with van der Waals surface area (Å²) in [6, 6.07) is 0. The van der Waals surface area contributed by atoms with Crippen molar-refractivity contribution in [1.82, 2.24) is 0 Å². The monoisotopic (exact) mass is 316 g/mol. The van der Waals surface area contributed by atoms with Gasteiger partial charge in [-0.1, -0.05) is 18.9 Å². The van der Waals surface area contributed by atoms with Crippen LogP contribution in [0.15, 0.2) is 22.8 Å². The number of carbonyl (C=O) groups excluding carboxylic acids is 1. The van der Waals surface area contributed by atoms with Crippen molar-refractivity contribution >= 4 is 5.78 Å². The van der Waals surface area contributed by atoms with Gasteiger partial charge in [0.25, 0.3) is 0 Å². The van der Waals surface area contributed by atoms with Crippen molar-refractivity contribution in [1.29, 1.82) is 0 Å². The summed E-state index contributed by atoms with van der Waals surface area (Å²) in [7, 11) is 0. The Morgan fingerprint density at radius 3 is 2.87 bits per heavy atom. The summed E-state index contributed by atoms with van der Waals surface area (Å²) >= 11 is 0. The fraction of sp³-hybridized carbons (Fsp3) is 0.750. The molecule has 4 rings (SSSR count). The summed E-state index contributed by atoms with van der Waals surface area (Å²) in [5.74, 6) is 1.08. The molecular weight excluding hydrogens is 288 g/mol. The molecule has 23 heavy (non-hydrogen) atoms. The number of ketones is 1. The molecule has 0 aromatic heterocycles. The standard InChI is InChI=1S/C20H28O3/c1-12-15-9-14(22)5-4-13(15)8-17-16(12)10-18(23)19(2)6-3-7-20(17,19)11-21/h9,13,17-18,21,23H,3-8,10-11H2,1-2H3/t13?,17?,18?,19-,20?/m1/s1. The van der Waals surface area contributed by atoms with Gasteiger partial charge in [0.05, 0.1) is 6.10 Å². The zero-order chi connectivity index (χ0) is 16.4. The topological polar surface area (TPSA) is 57.5 Å². The number of hydrogen-bond acceptors (Lipinski definition) is 3. The fourth-order valence-corrected chi connectivity index (χ4v) is 6.40. The third-order valence-corrected chi connectivity index (χ3v) is 7.91. The SMILES string of the molecule is CC1=C2CC(O)[C@@]3(C)CCCC3(CO)C2CC2CCC(=O)C=C12. The second-order valence-corrected chi connectivity index (χ2v) is 8.55. The zero-order valence-corrected chi connectivity index (χ0v) is 14.3. The van der Waals surface area contributed by atoms with Crippen LogP contribution in [0.5, 0.6) is 0 Å². The molecule has 0 aromatic rings. The first-order valence-corrected chi connectivity index (χ1v) is 9.16. The minimum absolute atomic E-state index is 0.165. The lowest BCUT2D eigenvalue weighted by atomic mass is 9.47. The van der Waals surface area contributed by atoms with Crippen LogP contribution in [-0.2, 0) is 4.79 Å². The number of allylic oxidation sites excluding steroid dienone is 3. The Bertz CT molecular complexity index is 616. The Hall–Kier alpha value is -0.930. The Morgan fingerprint density at radius 2 is 2.13 bits per heavy atom. The predicted octanol–water partition coefficient (Wildman–Crippen LogP) is 3.16. The van der Waals surface area contributed by atoms with Crippen molar-refractivity contribution in [3.8, 4) is 0 Å². The Balaban J connectivity index is 1.86. The minimum Gasteiger partial charge on any atom is -0.396 e. The second-order valence-electron chi connectivity index (χ2n) is 8.55. The average Bonchev–Trinajstić information content (AvgIpc) is 2.89. The third-order valence-electron chi connectivity index (χ3n) is 7.91. The van der Waals surface area contributed by atoms with Crippen LogP contribution in [0.4, 0.5) is 0 Å². The number of aliphatic hydroxyl groups is 2. The second kappa shape index (κ2) is 5.03. The molecule has 4 unspecified atom stereocenters. The summed E-state index contributed by atoms with van der Waals surface area (Å²) in [5, 5.41) is 21.3. The number of carbonyl (C=O) groups is 1. The van der Waals surface area contributed by atoms with Crippen LogP contribution in [0, 0.1) is 22.7 Å². The first-order valence-electron chi connectivity index (χ1n) is 9.16. The van der Waals surface area contributed by atoms with E-state index in [9.17, 15) is 15.0 Å². The normalized spacial score (nSPS) is 46.2. The van der Waals surface area contributed by atoms with E-state index >= 15 is 0 Å². The molecule has 0 aromatic carbocycles. The van der Waals surface area contributed by atoms with E-state index in [0.717, 1.165) is 32.1 Å². The maximum Gasteiger partial charge on any atom is 0.156 e. The quantitative estimate of drug-likeness (QED) is 0.781. The van der Waals surface area contributed by atoms with Crippen molar-refractivity contribution < 1.29 is 15.0 Å². The van der Waals surface area contributed by atoms with Crippen LogP contribution >= 0.6 is 0 Å². The van der Waals surface area contributed by atoms with Gasteiger partial charge in [0.15, 0.2) is 5.78 Å². The van der Waals surface area contributed by atoms with E-state index in [1.165, 1.54) is 16.7 Å². The van der Waals surface area contributed by atoms with E-state index < -0.39 is 0 Å². The molecule has 3 nitrogen and oxygen atoms in total. The molecule has 3 heteroatoms. The summed E-state index contributed by atoms with van der Waals surface area (Å²) in [5.41, 5.74) is 3.44. The highest BCUT2D eigenvalue weighted by molar-refractivity contribution is 5.92. The van der Waals surface area contributed by atoms with Gasteiger partial charge in [-0.2, -0.15) is 0 Å². The third kappa shape index (κ3) is 1.87. The molecule has 2 fully saturated rings. The molecule has 0 heterocycles. The molecule has 5 atom stereocenters. The summed E-state index contributed by atoms with van der Waals surface area (Å²) in [6.45, 7) is 4.50. The van der Waals surface area contributed by atoms with Crippen molar-refractivity contribution in [2.24, 2.45) is 22.7 Å². The molecule has 0 aliphatic heterocycles. The summed E-state index contributed by atoms with van der Waals surface area (Å²) in [6.07, 6.45) is 7.99. The van der Waals surface area contributed by atoms with Crippen LogP contribution in [0.1, 0.15) is 58.8 Å². The van der Waals surface area contributed by atoms with Crippen LogP contribution in [0.2, 0.25) is 0 Å². The fourth-order valence-electron chi connectivity index (χ4n) is 6.40. The Morgan fingerprint density at radius 1 is 1.35 bits per heavy atom. The van der Waals surface area contributed by atoms with E-state index in [-0.39, 0.29) is 29.3 Å². The highest BCUT2D eigenvalue weighted by Crippen LogP contribution is 2.67. The predicted molar refractivity (Wildman–Crippen MR) is 88.7 cm³/mol. The molecule has 0 radical (unpaired) electrons. The molecular formula is C20H28O3. The lowest BCUT2D eigenvalue weighted by molar-refractivity contribution is -0.123. The van der Waals surface area contributed by atoms with Crippen LogP contribution < -0.4 is 0 Å². The van der Waals surface area contributed by atoms with Gasteiger partial charge in [-0.25, -0.2) is 0 Å². The lowest BCUT2D eigenvalue weighted by Crippen LogP contribution is -2.56. The van der Waals surface area contributed by atoms with E-state index in [1.54, 1.807) is 0 Å². The van der Waals surface area contributed by atoms with E-state index in [2.05, 4.69) is 13.8 Å². The molecule has 0 saturated heterocycles. The molecule has 0 bridgehead atoms. The van der Waals surface area contributed by atoms with Crippen molar-refractivity contribution in [3.63, 3.8) is 0 Å². The van der Waals surface area contributed by atoms with Gasteiger partial charge in [0.2, 0.25) is 0 Å². The first-order chi connectivity index (χ1) is 10.9. The van der Waals surface area contributed by atoms with Crippen molar-refractivity contribution in [2.45, 2.75) is 64.9 Å². The van der Waals surface area contributed by atoms with Gasteiger partial charge in [-0.3, -0.25) is 4.79 Å². The molecule has 0 spiro atoms. The number of aliphatic hydroxyl groups excluding tert-OH is 2. The van der Waals surface area contributed by atoms with E-state index in [4.69, 9.17) is 0 Å². The van der Waals surface area contributed by atoms with Gasteiger partial charge in [0.1, 0.15) is 0 Å². The molecule has 2 N–H and O–H groups in total. The minimum atomic E-state index is -0.380. The Labute approximate surface area is 138 Å². The molecule has 0 amide bonds. The molecule has 2 saturated carbocycles. The highest BCUT2D eigenvalue weighted by atomic mass is 16.3. The van der Waals surface area contributed by atoms with E-state index in [0.29, 0.717) is 24.7 Å².